The molecular formula is C16H15N3O. The fourth-order valence-electron chi connectivity index (χ4n) is 2.81. The van der Waals surface area contributed by atoms with Crippen molar-refractivity contribution >= 4 is 12.0 Å². The molecule has 0 saturated carbocycles. The summed E-state index contributed by atoms with van der Waals surface area (Å²) in [5.41, 5.74) is 1.81. The van der Waals surface area contributed by atoms with Crippen molar-refractivity contribution in [2.45, 2.75) is 25.4 Å². The summed E-state index contributed by atoms with van der Waals surface area (Å²) in [7, 11) is 0. The highest BCUT2D eigenvalue weighted by Gasteiger charge is 2.43. The summed E-state index contributed by atoms with van der Waals surface area (Å²) < 4.78 is 0. The first-order valence-electron chi connectivity index (χ1n) is 6.70. The van der Waals surface area contributed by atoms with Crippen LogP contribution in [0.25, 0.3) is 0 Å². The Morgan fingerprint density at radius 2 is 2.15 bits per heavy atom. The van der Waals surface area contributed by atoms with Gasteiger partial charge < -0.3 is 0 Å². The van der Waals surface area contributed by atoms with E-state index in [1.54, 1.807) is 11.2 Å². The molecule has 4 heteroatoms. The summed E-state index contributed by atoms with van der Waals surface area (Å²) >= 11 is 0. The standard InChI is InChI=1S/C16H15N3O/c1-11-4-6-12(7-5-11)16(20)15-9-13(10-17)14-3-2-8-18-19(14)15/h2-8,13-15H,9H2,1H3/t13-,14+,15+/m1/s1. The number of hydrogen-bond donors (Lipinski definition) is 0. The summed E-state index contributed by atoms with van der Waals surface area (Å²) in [6.07, 6.45) is 5.99. The molecule has 0 aliphatic carbocycles. The van der Waals surface area contributed by atoms with Crippen molar-refractivity contribution in [2.75, 3.05) is 0 Å². The van der Waals surface area contributed by atoms with E-state index in [1.807, 2.05) is 43.3 Å². The number of benzene rings is 1. The number of nitriles is 1. The van der Waals surface area contributed by atoms with Crippen molar-refractivity contribution < 1.29 is 4.79 Å². The molecule has 0 N–H and O–H groups in total. The third kappa shape index (κ3) is 2.01. The predicted octanol–water partition coefficient (Wildman–Crippen LogP) is 2.32. The molecule has 2 heterocycles. The third-order valence-electron chi connectivity index (χ3n) is 3.91. The highest BCUT2D eigenvalue weighted by atomic mass is 16.1. The number of nitrogens with zero attached hydrogens (tertiary/aromatic N) is 3. The van der Waals surface area contributed by atoms with Crippen molar-refractivity contribution in [3.63, 3.8) is 0 Å². The van der Waals surface area contributed by atoms with Gasteiger partial charge >= 0.3 is 0 Å². The van der Waals surface area contributed by atoms with Gasteiger partial charge in [0.25, 0.3) is 0 Å². The van der Waals surface area contributed by atoms with Crippen LogP contribution in [0, 0.1) is 24.2 Å². The van der Waals surface area contributed by atoms with Gasteiger partial charge in [0.1, 0.15) is 6.04 Å². The Morgan fingerprint density at radius 1 is 1.40 bits per heavy atom. The highest BCUT2D eigenvalue weighted by molar-refractivity contribution is 6.00. The fourth-order valence-corrected chi connectivity index (χ4v) is 2.81. The van der Waals surface area contributed by atoms with Crippen LogP contribution in [0.2, 0.25) is 0 Å². The Kier molecular flexibility index (Phi) is 3.11. The Balaban J connectivity index is 1.89. The lowest BCUT2D eigenvalue weighted by Gasteiger charge is -2.26. The molecule has 1 saturated heterocycles. The molecule has 3 atom stereocenters. The minimum atomic E-state index is -0.339. The third-order valence-corrected chi connectivity index (χ3v) is 3.91. The van der Waals surface area contributed by atoms with Crippen LogP contribution in [0.3, 0.4) is 0 Å². The molecule has 0 amide bonds. The maximum Gasteiger partial charge on any atom is 0.186 e. The van der Waals surface area contributed by atoms with E-state index >= 15 is 0 Å². The second-order valence-electron chi connectivity index (χ2n) is 5.24. The number of fused-ring (bicyclic) bond motifs is 1. The summed E-state index contributed by atoms with van der Waals surface area (Å²) in [6, 6.07) is 9.42. The fraction of sp³-hybridized carbons (Fsp3) is 0.312. The van der Waals surface area contributed by atoms with E-state index in [1.165, 1.54) is 0 Å². The van der Waals surface area contributed by atoms with E-state index in [0.29, 0.717) is 12.0 Å². The zero-order chi connectivity index (χ0) is 14.1. The molecule has 1 aromatic carbocycles. The van der Waals surface area contributed by atoms with Crippen molar-refractivity contribution in [1.82, 2.24) is 5.01 Å². The summed E-state index contributed by atoms with van der Waals surface area (Å²) in [4.78, 5) is 12.6. The molecule has 2 aliphatic heterocycles. The highest BCUT2D eigenvalue weighted by Crippen LogP contribution is 2.33. The Morgan fingerprint density at radius 3 is 2.85 bits per heavy atom. The average molecular weight is 265 g/mol. The van der Waals surface area contributed by atoms with Crippen LogP contribution < -0.4 is 0 Å². The summed E-state index contributed by atoms with van der Waals surface area (Å²) in [6.45, 7) is 1.99. The van der Waals surface area contributed by atoms with E-state index in [-0.39, 0.29) is 23.8 Å². The van der Waals surface area contributed by atoms with Crippen LogP contribution in [0.4, 0.5) is 0 Å². The Bertz CT molecular complexity index is 624. The zero-order valence-electron chi connectivity index (χ0n) is 11.2. The molecule has 0 spiro atoms. The van der Waals surface area contributed by atoms with Crippen molar-refractivity contribution in [3.05, 3.63) is 47.5 Å². The molecule has 2 aliphatic rings. The van der Waals surface area contributed by atoms with Gasteiger partial charge in [0.2, 0.25) is 0 Å². The second kappa shape index (κ2) is 4.93. The van der Waals surface area contributed by atoms with Gasteiger partial charge in [-0.05, 0) is 19.4 Å². The van der Waals surface area contributed by atoms with E-state index in [4.69, 9.17) is 0 Å². The van der Waals surface area contributed by atoms with Crippen LogP contribution in [-0.2, 0) is 0 Å². The lowest BCUT2D eigenvalue weighted by Crippen LogP contribution is -2.37. The largest absolute Gasteiger partial charge is 0.292 e. The van der Waals surface area contributed by atoms with Gasteiger partial charge in [0, 0.05) is 11.8 Å². The number of hydrogen-bond acceptors (Lipinski definition) is 4. The van der Waals surface area contributed by atoms with Crippen molar-refractivity contribution in [1.29, 1.82) is 5.26 Å². The van der Waals surface area contributed by atoms with E-state index < -0.39 is 0 Å². The summed E-state index contributed by atoms with van der Waals surface area (Å²) in [5.74, 6) is -0.136. The molecule has 1 aromatic rings. The minimum absolute atomic E-state index is 0.0419. The van der Waals surface area contributed by atoms with Gasteiger partial charge in [-0.15, -0.1) is 0 Å². The molecule has 4 nitrogen and oxygen atoms in total. The quantitative estimate of drug-likeness (QED) is 0.771. The number of rotatable bonds is 2. The van der Waals surface area contributed by atoms with Gasteiger partial charge in [-0.25, -0.2) is 0 Å². The van der Waals surface area contributed by atoms with E-state index in [0.717, 1.165) is 5.56 Å². The summed E-state index contributed by atoms with van der Waals surface area (Å²) in [5, 5.41) is 15.3. The first kappa shape index (κ1) is 12.6. The van der Waals surface area contributed by atoms with Gasteiger partial charge in [0.15, 0.2) is 5.78 Å². The van der Waals surface area contributed by atoms with Crippen LogP contribution in [-0.4, -0.2) is 29.1 Å². The number of allylic oxidation sites excluding steroid dienone is 1. The van der Waals surface area contributed by atoms with Gasteiger partial charge in [-0.1, -0.05) is 35.9 Å². The van der Waals surface area contributed by atoms with Gasteiger partial charge in [-0.2, -0.15) is 10.4 Å². The van der Waals surface area contributed by atoms with Gasteiger partial charge in [-0.3, -0.25) is 9.80 Å². The van der Waals surface area contributed by atoms with Crippen LogP contribution in [0.1, 0.15) is 22.3 Å². The monoisotopic (exact) mass is 265 g/mol. The topological polar surface area (TPSA) is 56.5 Å². The maximum absolute atomic E-state index is 12.6. The number of hydrazone groups is 1. The molecule has 100 valence electrons. The number of Topliss-reactive ketones (excluding diaryl/α,β-unsaturated/α-hetero) is 1. The van der Waals surface area contributed by atoms with Crippen LogP contribution >= 0.6 is 0 Å². The molecule has 0 unspecified atom stereocenters. The Labute approximate surface area is 118 Å². The lowest BCUT2D eigenvalue weighted by molar-refractivity contribution is 0.0853. The average Bonchev–Trinajstić information content (AvgIpc) is 2.86. The first-order valence-corrected chi connectivity index (χ1v) is 6.70. The first-order chi connectivity index (χ1) is 9.70. The van der Waals surface area contributed by atoms with Crippen molar-refractivity contribution in [3.8, 4) is 6.07 Å². The molecule has 0 bridgehead atoms. The number of aryl methyl sites for hydroxylation is 1. The minimum Gasteiger partial charge on any atom is -0.292 e. The zero-order valence-corrected chi connectivity index (χ0v) is 11.2. The Hall–Kier alpha value is -2.41. The SMILES string of the molecule is Cc1ccc(C(=O)[C@@H]2C[C@H](C#N)[C@@H]3C=CC=NN23)cc1. The second-order valence-corrected chi connectivity index (χ2v) is 5.24. The lowest BCUT2D eigenvalue weighted by atomic mass is 9.96. The number of ketones is 1. The normalized spacial score (nSPS) is 27.2. The molecular weight excluding hydrogens is 250 g/mol. The number of carbonyl (C=O) groups excluding carboxylic acids is 1. The molecule has 0 aromatic heterocycles. The molecule has 3 rings (SSSR count). The van der Waals surface area contributed by atoms with E-state index in [9.17, 15) is 10.1 Å². The predicted molar refractivity (Wildman–Crippen MR) is 76.3 cm³/mol. The molecule has 20 heavy (non-hydrogen) atoms. The number of carbonyl (C=O) groups is 1. The van der Waals surface area contributed by atoms with Crippen LogP contribution in [0.5, 0.6) is 0 Å². The molecule has 0 radical (unpaired) electrons. The smallest absolute Gasteiger partial charge is 0.186 e. The van der Waals surface area contributed by atoms with Crippen LogP contribution in [0.15, 0.2) is 41.5 Å². The van der Waals surface area contributed by atoms with Crippen molar-refractivity contribution in [2.24, 2.45) is 11.0 Å². The molecule has 1 fully saturated rings. The van der Waals surface area contributed by atoms with Gasteiger partial charge in [0.05, 0.1) is 18.0 Å². The maximum atomic E-state index is 12.6. The van der Waals surface area contributed by atoms with E-state index in [2.05, 4.69) is 11.2 Å².